The quantitative estimate of drug-likeness (QED) is 0.694. The highest BCUT2D eigenvalue weighted by Crippen LogP contribution is 2.07. The molecule has 0 radical (unpaired) electrons. The van der Waals surface area contributed by atoms with E-state index in [1.165, 1.54) is 0 Å². The molecule has 2 rings (SSSR count). The number of hydrogen-bond acceptors (Lipinski definition) is 6. The summed E-state index contributed by atoms with van der Waals surface area (Å²) < 4.78 is 4.98. The predicted octanol–water partition coefficient (Wildman–Crippen LogP) is 0.793. The van der Waals surface area contributed by atoms with Crippen LogP contribution in [0.15, 0.2) is 34.9 Å². The molecule has 8 heteroatoms. The van der Waals surface area contributed by atoms with Gasteiger partial charge in [-0.15, -0.1) is 0 Å². The largest absolute Gasteiger partial charge is 0.394 e. The predicted molar refractivity (Wildman–Crippen MR) is 83.1 cm³/mol. The molecule has 124 valence electrons. The molecule has 1 aromatic heterocycles. The molecule has 8 nitrogen and oxygen atoms in total. The average Bonchev–Trinajstić information content (AvgIpc) is 3.06. The Balaban J connectivity index is 1.88. The summed E-state index contributed by atoms with van der Waals surface area (Å²) in [5.41, 5.74) is 6.64. The van der Waals surface area contributed by atoms with Crippen LogP contribution in [0.2, 0.25) is 0 Å². The molecule has 1 heterocycles. The van der Waals surface area contributed by atoms with Gasteiger partial charge in [-0.2, -0.15) is 4.98 Å². The van der Waals surface area contributed by atoms with Crippen molar-refractivity contribution >= 4 is 6.03 Å². The van der Waals surface area contributed by atoms with E-state index >= 15 is 0 Å². The molecule has 1 atom stereocenters. The second-order valence-electron chi connectivity index (χ2n) is 4.99. The second-order valence-corrected chi connectivity index (χ2v) is 4.99. The summed E-state index contributed by atoms with van der Waals surface area (Å²) in [6.07, 6.45) is 0. The van der Waals surface area contributed by atoms with Crippen LogP contribution in [-0.4, -0.2) is 39.3 Å². The molecule has 0 aliphatic heterocycles. The van der Waals surface area contributed by atoms with Gasteiger partial charge in [-0.1, -0.05) is 35.5 Å². The fourth-order valence-electron chi connectivity index (χ4n) is 1.97. The van der Waals surface area contributed by atoms with E-state index < -0.39 is 6.04 Å². The second kappa shape index (κ2) is 8.25. The van der Waals surface area contributed by atoms with Crippen LogP contribution in [0, 0.1) is 0 Å². The Hall–Kier alpha value is -2.45. The van der Waals surface area contributed by atoms with Gasteiger partial charge in [0.25, 0.3) is 0 Å². The Morgan fingerprint density at radius 1 is 1.43 bits per heavy atom. The third-order valence-corrected chi connectivity index (χ3v) is 3.29. The summed E-state index contributed by atoms with van der Waals surface area (Å²) in [6, 6.07) is 8.84. The Labute approximate surface area is 134 Å². The SMILES string of the molecule is CCN(Cc1ccccc1)C(=O)NCc1nc(C(N)CO)no1. The minimum absolute atomic E-state index is 0.106. The fourth-order valence-corrected chi connectivity index (χ4v) is 1.97. The highest BCUT2D eigenvalue weighted by Gasteiger charge is 2.16. The summed E-state index contributed by atoms with van der Waals surface area (Å²) >= 11 is 0. The lowest BCUT2D eigenvalue weighted by atomic mass is 10.2. The standard InChI is InChI=1S/C15H21N5O3/c1-2-20(9-11-6-4-3-5-7-11)15(22)17-8-13-18-14(19-23-13)12(16)10-21/h3-7,12,21H,2,8-10,16H2,1H3,(H,17,22). The normalized spacial score (nSPS) is 12.0. The maximum atomic E-state index is 12.2. The number of carbonyl (C=O) groups excluding carboxylic acids is 1. The number of benzene rings is 1. The number of nitrogens with one attached hydrogen (secondary N) is 1. The molecule has 1 unspecified atom stereocenters. The van der Waals surface area contributed by atoms with Gasteiger partial charge in [0, 0.05) is 13.1 Å². The van der Waals surface area contributed by atoms with Crippen molar-refractivity contribution in [1.29, 1.82) is 0 Å². The van der Waals surface area contributed by atoms with E-state index in [4.69, 9.17) is 15.4 Å². The van der Waals surface area contributed by atoms with E-state index in [2.05, 4.69) is 15.5 Å². The number of nitrogens with two attached hydrogens (primary N) is 1. The number of nitrogens with zero attached hydrogens (tertiary/aromatic N) is 3. The first-order valence-corrected chi connectivity index (χ1v) is 7.39. The minimum Gasteiger partial charge on any atom is -0.394 e. The number of aromatic nitrogens is 2. The lowest BCUT2D eigenvalue weighted by Gasteiger charge is -2.21. The Morgan fingerprint density at radius 3 is 2.83 bits per heavy atom. The number of aliphatic hydroxyl groups excluding tert-OH is 1. The number of aliphatic hydroxyl groups is 1. The van der Waals surface area contributed by atoms with Gasteiger partial charge in [-0.3, -0.25) is 0 Å². The molecule has 0 spiro atoms. The average molecular weight is 319 g/mol. The van der Waals surface area contributed by atoms with Crippen LogP contribution in [0.5, 0.6) is 0 Å². The van der Waals surface area contributed by atoms with Gasteiger partial charge in [0.2, 0.25) is 5.89 Å². The van der Waals surface area contributed by atoms with Crippen LogP contribution in [0.3, 0.4) is 0 Å². The van der Waals surface area contributed by atoms with Crippen molar-refractivity contribution in [2.45, 2.75) is 26.1 Å². The number of hydrogen-bond donors (Lipinski definition) is 3. The smallest absolute Gasteiger partial charge is 0.318 e. The van der Waals surface area contributed by atoms with E-state index in [-0.39, 0.29) is 30.9 Å². The zero-order valence-corrected chi connectivity index (χ0v) is 13.0. The first kappa shape index (κ1) is 16.9. The van der Waals surface area contributed by atoms with Crippen molar-refractivity contribution in [1.82, 2.24) is 20.4 Å². The highest BCUT2D eigenvalue weighted by molar-refractivity contribution is 5.74. The molecule has 0 aliphatic carbocycles. The van der Waals surface area contributed by atoms with Crippen molar-refractivity contribution in [3.05, 3.63) is 47.6 Å². The van der Waals surface area contributed by atoms with Crippen LogP contribution in [0.4, 0.5) is 4.79 Å². The van der Waals surface area contributed by atoms with Crippen molar-refractivity contribution in [3.8, 4) is 0 Å². The van der Waals surface area contributed by atoms with E-state index in [1.54, 1.807) is 4.90 Å². The Kier molecular flexibility index (Phi) is 6.07. The van der Waals surface area contributed by atoms with E-state index in [1.807, 2.05) is 37.3 Å². The van der Waals surface area contributed by atoms with Gasteiger partial charge >= 0.3 is 6.03 Å². The maximum absolute atomic E-state index is 12.2. The van der Waals surface area contributed by atoms with E-state index in [9.17, 15) is 4.79 Å². The summed E-state index contributed by atoms with van der Waals surface area (Å²) in [5, 5.41) is 15.3. The molecule has 23 heavy (non-hydrogen) atoms. The lowest BCUT2D eigenvalue weighted by molar-refractivity contribution is 0.196. The Bertz CT molecular complexity index is 617. The molecule has 0 aliphatic rings. The number of rotatable bonds is 7. The number of carbonyl (C=O) groups is 1. The van der Waals surface area contributed by atoms with Crippen LogP contribution in [0.25, 0.3) is 0 Å². The zero-order chi connectivity index (χ0) is 16.7. The van der Waals surface area contributed by atoms with Crippen LogP contribution < -0.4 is 11.1 Å². The molecule has 0 bridgehead atoms. The monoisotopic (exact) mass is 319 g/mol. The van der Waals surface area contributed by atoms with Gasteiger partial charge in [0.15, 0.2) is 5.82 Å². The van der Waals surface area contributed by atoms with Gasteiger partial charge in [-0.25, -0.2) is 4.79 Å². The van der Waals surface area contributed by atoms with Gasteiger partial charge < -0.3 is 25.6 Å². The highest BCUT2D eigenvalue weighted by atomic mass is 16.5. The van der Waals surface area contributed by atoms with Crippen LogP contribution in [-0.2, 0) is 13.1 Å². The molecular weight excluding hydrogens is 298 g/mol. The summed E-state index contributed by atoms with van der Waals surface area (Å²) in [7, 11) is 0. The Morgan fingerprint density at radius 2 is 2.17 bits per heavy atom. The van der Waals surface area contributed by atoms with Gasteiger partial charge in [0.05, 0.1) is 19.2 Å². The third kappa shape index (κ3) is 4.76. The number of urea groups is 1. The van der Waals surface area contributed by atoms with Crippen molar-refractivity contribution in [2.24, 2.45) is 5.73 Å². The zero-order valence-electron chi connectivity index (χ0n) is 13.0. The van der Waals surface area contributed by atoms with Crippen molar-refractivity contribution in [2.75, 3.05) is 13.2 Å². The number of amides is 2. The molecule has 1 aromatic carbocycles. The molecule has 2 amide bonds. The van der Waals surface area contributed by atoms with Crippen molar-refractivity contribution < 1.29 is 14.4 Å². The van der Waals surface area contributed by atoms with Crippen LogP contribution >= 0.6 is 0 Å². The van der Waals surface area contributed by atoms with Gasteiger partial charge in [0.1, 0.15) is 0 Å². The summed E-state index contributed by atoms with van der Waals surface area (Å²) in [4.78, 5) is 17.9. The first-order chi connectivity index (χ1) is 11.1. The molecular formula is C15H21N5O3. The molecule has 4 N–H and O–H groups in total. The maximum Gasteiger partial charge on any atom is 0.318 e. The topological polar surface area (TPSA) is 118 Å². The van der Waals surface area contributed by atoms with Crippen molar-refractivity contribution in [3.63, 3.8) is 0 Å². The molecule has 0 fully saturated rings. The third-order valence-electron chi connectivity index (χ3n) is 3.29. The molecule has 0 saturated carbocycles. The van der Waals surface area contributed by atoms with Gasteiger partial charge in [-0.05, 0) is 12.5 Å². The summed E-state index contributed by atoms with van der Waals surface area (Å²) in [5.74, 6) is 0.460. The minimum atomic E-state index is -0.687. The summed E-state index contributed by atoms with van der Waals surface area (Å²) in [6.45, 7) is 2.84. The first-order valence-electron chi connectivity index (χ1n) is 7.39. The fraction of sp³-hybridized carbons (Fsp3) is 0.400. The van der Waals surface area contributed by atoms with E-state index in [0.717, 1.165) is 5.56 Å². The van der Waals surface area contributed by atoms with Crippen LogP contribution in [0.1, 0.15) is 30.2 Å². The molecule has 0 saturated heterocycles. The van der Waals surface area contributed by atoms with E-state index in [0.29, 0.717) is 13.1 Å². The lowest BCUT2D eigenvalue weighted by Crippen LogP contribution is -2.39. The molecule has 2 aromatic rings.